The highest BCUT2D eigenvalue weighted by atomic mass is 79.9. The lowest BCUT2D eigenvalue weighted by Crippen LogP contribution is -2.23. The van der Waals surface area contributed by atoms with Gasteiger partial charge in [-0.2, -0.15) is 0 Å². The number of halogens is 2. The molecule has 0 unspecified atom stereocenters. The van der Waals surface area contributed by atoms with Crippen LogP contribution in [0.4, 0.5) is 4.39 Å². The van der Waals surface area contributed by atoms with Gasteiger partial charge >= 0.3 is 0 Å². The summed E-state index contributed by atoms with van der Waals surface area (Å²) in [5.41, 5.74) is 1.02. The summed E-state index contributed by atoms with van der Waals surface area (Å²) in [6.07, 6.45) is 1.13. The molecule has 0 radical (unpaired) electrons. The Morgan fingerprint density at radius 2 is 2.07 bits per heavy atom. The lowest BCUT2D eigenvalue weighted by molar-refractivity contribution is 0.279. The van der Waals surface area contributed by atoms with Crippen LogP contribution >= 0.6 is 15.9 Å². The van der Waals surface area contributed by atoms with Crippen molar-refractivity contribution in [3.63, 3.8) is 0 Å². The van der Waals surface area contributed by atoms with E-state index in [0.29, 0.717) is 4.47 Å². The fourth-order valence-electron chi connectivity index (χ4n) is 1.58. The van der Waals surface area contributed by atoms with Crippen LogP contribution in [0.2, 0.25) is 0 Å². The molecule has 3 heteroatoms. The van der Waals surface area contributed by atoms with Gasteiger partial charge in [0, 0.05) is 6.54 Å². The molecule has 15 heavy (non-hydrogen) atoms. The van der Waals surface area contributed by atoms with Gasteiger partial charge in [-0.15, -0.1) is 0 Å². The van der Waals surface area contributed by atoms with Gasteiger partial charge in [0.1, 0.15) is 5.82 Å². The van der Waals surface area contributed by atoms with E-state index in [4.69, 9.17) is 0 Å². The zero-order chi connectivity index (χ0) is 11.3. The number of nitrogens with zero attached hydrogens (tertiary/aromatic N) is 1. The molecule has 0 heterocycles. The highest BCUT2D eigenvalue weighted by Crippen LogP contribution is 2.21. The molecule has 0 N–H and O–H groups in total. The Labute approximate surface area is 99.4 Å². The normalized spacial score (nSPS) is 11.0. The molecule has 0 fully saturated rings. The zero-order valence-corrected chi connectivity index (χ0v) is 10.8. The number of benzene rings is 1. The van der Waals surface area contributed by atoms with Crippen LogP contribution in [-0.2, 0) is 6.54 Å². The van der Waals surface area contributed by atoms with Crippen LogP contribution in [0.15, 0.2) is 22.7 Å². The molecule has 0 amide bonds. The van der Waals surface area contributed by atoms with E-state index in [1.807, 2.05) is 6.07 Å². The summed E-state index contributed by atoms with van der Waals surface area (Å²) in [5.74, 6) is -0.181. The first-order valence-electron chi connectivity index (χ1n) is 5.34. The first kappa shape index (κ1) is 12.7. The Morgan fingerprint density at radius 3 is 2.67 bits per heavy atom. The molecule has 0 spiro atoms. The Kier molecular flexibility index (Phi) is 5.26. The van der Waals surface area contributed by atoms with Gasteiger partial charge in [-0.1, -0.05) is 26.0 Å². The van der Waals surface area contributed by atoms with Gasteiger partial charge in [0.05, 0.1) is 4.47 Å². The monoisotopic (exact) mass is 273 g/mol. The Balaban J connectivity index is 2.74. The zero-order valence-electron chi connectivity index (χ0n) is 9.26. The topological polar surface area (TPSA) is 3.24 Å². The molecule has 0 aliphatic carbocycles. The van der Waals surface area contributed by atoms with E-state index in [0.717, 1.165) is 31.6 Å². The highest BCUT2D eigenvalue weighted by Gasteiger charge is 2.08. The maximum absolute atomic E-state index is 13.3. The summed E-state index contributed by atoms with van der Waals surface area (Å²) in [5, 5.41) is 0. The average molecular weight is 274 g/mol. The number of hydrogen-bond donors (Lipinski definition) is 0. The Bertz CT molecular complexity index is 314. The third kappa shape index (κ3) is 3.58. The fourth-order valence-corrected chi connectivity index (χ4v) is 1.97. The van der Waals surface area contributed by atoms with E-state index in [1.54, 1.807) is 6.07 Å². The van der Waals surface area contributed by atoms with E-state index in [1.165, 1.54) is 6.07 Å². The van der Waals surface area contributed by atoms with Crippen molar-refractivity contribution in [1.82, 2.24) is 4.90 Å². The van der Waals surface area contributed by atoms with Crippen molar-refractivity contribution >= 4 is 15.9 Å². The molecular formula is C12H17BrFN. The quantitative estimate of drug-likeness (QED) is 0.789. The summed E-state index contributed by atoms with van der Waals surface area (Å²) in [4.78, 5) is 2.31. The maximum atomic E-state index is 13.3. The summed E-state index contributed by atoms with van der Waals surface area (Å²) in [7, 11) is 0. The predicted octanol–water partition coefficient (Wildman–Crippen LogP) is 3.82. The van der Waals surface area contributed by atoms with E-state index in [2.05, 4.69) is 34.7 Å². The summed E-state index contributed by atoms with van der Waals surface area (Å²) >= 11 is 3.29. The Hall–Kier alpha value is -0.410. The molecule has 0 aliphatic heterocycles. The lowest BCUT2D eigenvalue weighted by atomic mass is 10.2. The standard InChI is InChI=1S/C12H17BrFN/c1-3-8-15(4-2)9-10-6-5-7-11(14)12(10)13/h5-7H,3-4,8-9H2,1-2H3. The molecule has 1 rings (SSSR count). The summed E-state index contributed by atoms with van der Waals surface area (Å²) < 4.78 is 13.9. The van der Waals surface area contributed by atoms with Gasteiger partial charge in [-0.05, 0) is 47.1 Å². The molecule has 0 atom stereocenters. The molecule has 0 bridgehead atoms. The molecule has 0 aromatic heterocycles. The molecule has 84 valence electrons. The third-order valence-corrected chi connectivity index (χ3v) is 3.30. The molecular weight excluding hydrogens is 257 g/mol. The molecule has 0 saturated carbocycles. The van der Waals surface area contributed by atoms with Crippen molar-refractivity contribution in [3.05, 3.63) is 34.1 Å². The van der Waals surface area contributed by atoms with Crippen LogP contribution in [0.25, 0.3) is 0 Å². The third-order valence-electron chi connectivity index (χ3n) is 2.41. The molecule has 0 aliphatic rings. The SMILES string of the molecule is CCCN(CC)Cc1cccc(F)c1Br. The van der Waals surface area contributed by atoms with Crippen LogP contribution in [0.1, 0.15) is 25.8 Å². The summed E-state index contributed by atoms with van der Waals surface area (Å²) in [6.45, 7) is 7.14. The van der Waals surface area contributed by atoms with Crippen LogP contribution in [0.5, 0.6) is 0 Å². The van der Waals surface area contributed by atoms with Crippen molar-refractivity contribution in [2.75, 3.05) is 13.1 Å². The smallest absolute Gasteiger partial charge is 0.137 e. The second kappa shape index (κ2) is 6.23. The molecule has 1 aromatic rings. The molecule has 0 saturated heterocycles. The van der Waals surface area contributed by atoms with E-state index in [9.17, 15) is 4.39 Å². The van der Waals surface area contributed by atoms with E-state index in [-0.39, 0.29) is 5.82 Å². The molecule has 1 nitrogen and oxygen atoms in total. The van der Waals surface area contributed by atoms with Crippen molar-refractivity contribution in [2.45, 2.75) is 26.8 Å². The second-order valence-electron chi connectivity index (χ2n) is 3.58. The minimum Gasteiger partial charge on any atom is -0.299 e. The molecule has 1 aromatic carbocycles. The van der Waals surface area contributed by atoms with Crippen molar-refractivity contribution in [1.29, 1.82) is 0 Å². The minimum atomic E-state index is -0.181. The highest BCUT2D eigenvalue weighted by molar-refractivity contribution is 9.10. The van der Waals surface area contributed by atoms with Crippen LogP contribution in [0.3, 0.4) is 0 Å². The van der Waals surface area contributed by atoms with Crippen LogP contribution < -0.4 is 0 Å². The predicted molar refractivity (Wildman–Crippen MR) is 65.3 cm³/mol. The first-order valence-corrected chi connectivity index (χ1v) is 6.13. The van der Waals surface area contributed by atoms with Gasteiger partial charge in [-0.3, -0.25) is 4.90 Å². The maximum Gasteiger partial charge on any atom is 0.137 e. The van der Waals surface area contributed by atoms with Gasteiger partial charge in [0.25, 0.3) is 0 Å². The van der Waals surface area contributed by atoms with Gasteiger partial charge in [0.15, 0.2) is 0 Å². The largest absolute Gasteiger partial charge is 0.299 e. The fraction of sp³-hybridized carbons (Fsp3) is 0.500. The first-order chi connectivity index (χ1) is 7.19. The lowest BCUT2D eigenvalue weighted by Gasteiger charge is -2.20. The van der Waals surface area contributed by atoms with Crippen molar-refractivity contribution < 1.29 is 4.39 Å². The number of hydrogen-bond acceptors (Lipinski definition) is 1. The van der Waals surface area contributed by atoms with Crippen LogP contribution in [-0.4, -0.2) is 18.0 Å². The van der Waals surface area contributed by atoms with Crippen LogP contribution in [0, 0.1) is 5.82 Å². The van der Waals surface area contributed by atoms with Gasteiger partial charge in [-0.25, -0.2) is 4.39 Å². The van der Waals surface area contributed by atoms with Crippen molar-refractivity contribution in [2.24, 2.45) is 0 Å². The van der Waals surface area contributed by atoms with Gasteiger partial charge < -0.3 is 0 Å². The average Bonchev–Trinajstić information content (AvgIpc) is 2.24. The van der Waals surface area contributed by atoms with Gasteiger partial charge in [0.2, 0.25) is 0 Å². The van der Waals surface area contributed by atoms with E-state index >= 15 is 0 Å². The Morgan fingerprint density at radius 1 is 1.33 bits per heavy atom. The number of rotatable bonds is 5. The summed E-state index contributed by atoms with van der Waals surface area (Å²) in [6, 6.07) is 5.20. The van der Waals surface area contributed by atoms with Crippen molar-refractivity contribution in [3.8, 4) is 0 Å². The second-order valence-corrected chi connectivity index (χ2v) is 4.37. The van der Waals surface area contributed by atoms with E-state index < -0.39 is 0 Å². The minimum absolute atomic E-state index is 0.181.